The van der Waals surface area contributed by atoms with Gasteiger partial charge < -0.3 is 29.2 Å². The van der Waals surface area contributed by atoms with Crippen LogP contribution in [0, 0.1) is 6.92 Å². The summed E-state index contributed by atoms with van der Waals surface area (Å²) < 4.78 is 24.3. The number of ketones is 1. The van der Waals surface area contributed by atoms with Crippen LogP contribution in [-0.2, 0) is 16.0 Å². The maximum Gasteiger partial charge on any atom is 0.162 e. The highest BCUT2D eigenvalue weighted by Gasteiger charge is 2.22. The number of aromatic nitrogens is 2. The molecule has 0 aliphatic carbocycles. The van der Waals surface area contributed by atoms with Crippen LogP contribution in [0.15, 0.2) is 97.1 Å². The minimum atomic E-state index is 0.0972. The van der Waals surface area contributed by atoms with E-state index in [-0.39, 0.29) is 5.78 Å². The lowest BCUT2D eigenvalue weighted by atomic mass is 10.0. The molecule has 0 amide bonds. The van der Waals surface area contributed by atoms with Gasteiger partial charge in [0.05, 0.1) is 45.4 Å². The van der Waals surface area contributed by atoms with Crippen molar-refractivity contribution in [3.8, 4) is 45.4 Å². The van der Waals surface area contributed by atoms with Gasteiger partial charge in [0.25, 0.3) is 0 Å². The SMILES string of the molecule is COc1cccc(-c2nc(-c3cccc(C)c3)n(Cc3ccc(C(=O)CCCOCCOCCN)cc3)c2-c2cccc(OC)c2)c1. The largest absolute Gasteiger partial charge is 0.497 e. The van der Waals surface area contributed by atoms with E-state index in [1.807, 2.05) is 60.7 Å². The van der Waals surface area contributed by atoms with E-state index in [4.69, 9.17) is 29.7 Å². The minimum Gasteiger partial charge on any atom is -0.497 e. The van der Waals surface area contributed by atoms with Crippen molar-refractivity contribution >= 4 is 5.78 Å². The van der Waals surface area contributed by atoms with Gasteiger partial charge in [-0.25, -0.2) is 4.98 Å². The molecule has 0 fully saturated rings. The molecule has 2 N–H and O–H groups in total. The summed E-state index contributed by atoms with van der Waals surface area (Å²) in [6.07, 6.45) is 1.08. The van der Waals surface area contributed by atoms with Crippen LogP contribution < -0.4 is 15.2 Å². The molecule has 4 aromatic carbocycles. The molecule has 0 atom stereocenters. The summed E-state index contributed by atoms with van der Waals surface area (Å²) in [6, 6.07) is 32.3. The van der Waals surface area contributed by atoms with E-state index < -0.39 is 0 Å². The molecule has 5 aromatic rings. The second kappa shape index (κ2) is 16.7. The van der Waals surface area contributed by atoms with E-state index in [0.29, 0.717) is 57.9 Å². The average molecular weight is 634 g/mol. The number of ether oxygens (including phenoxy) is 4. The van der Waals surface area contributed by atoms with Crippen LogP contribution in [0.5, 0.6) is 11.5 Å². The first-order valence-corrected chi connectivity index (χ1v) is 15.9. The van der Waals surface area contributed by atoms with Crippen molar-refractivity contribution in [1.82, 2.24) is 9.55 Å². The summed E-state index contributed by atoms with van der Waals surface area (Å²) >= 11 is 0. The van der Waals surface area contributed by atoms with Crippen molar-refractivity contribution in [2.75, 3.05) is 47.2 Å². The Morgan fingerprint density at radius 3 is 2.06 bits per heavy atom. The van der Waals surface area contributed by atoms with E-state index >= 15 is 0 Å². The van der Waals surface area contributed by atoms with E-state index in [1.54, 1.807) is 14.2 Å². The van der Waals surface area contributed by atoms with Gasteiger partial charge in [0.1, 0.15) is 17.3 Å². The van der Waals surface area contributed by atoms with Crippen molar-refractivity contribution in [3.63, 3.8) is 0 Å². The zero-order valence-corrected chi connectivity index (χ0v) is 27.4. The Bertz CT molecular complexity index is 1760. The number of Topliss-reactive ketones (excluding diaryl/α,β-unsaturated/α-hetero) is 1. The van der Waals surface area contributed by atoms with Crippen LogP contribution in [0.4, 0.5) is 0 Å². The van der Waals surface area contributed by atoms with Crippen molar-refractivity contribution < 1.29 is 23.7 Å². The minimum absolute atomic E-state index is 0.0972. The molecule has 0 saturated heterocycles. The molecule has 8 heteroatoms. The van der Waals surface area contributed by atoms with Crippen molar-refractivity contribution in [3.05, 3.63) is 114 Å². The number of hydrogen-bond acceptors (Lipinski definition) is 7. The highest BCUT2D eigenvalue weighted by atomic mass is 16.5. The summed E-state index contributed by atoms with van der Waals surface area (Å²) in [5, 5.41) is 0. The molecule has 47 heavy (non-hydrogen) atoms. The number of carbonyl (C=O) groups is 1. The zero-order chi connectivity index (χ0) is 33.0. The molecule has 0 aliphatic heterocycles. The molecule has 8 nitrogen and oxygen atoms in total. The van der Waals surface area contributed by atoms with Gasteiger partial charge in [0.15, 0.2) is 5.78 Å². The first-order valence-electron chi connectivity index (χ1n) is 15.9. The average Bonchev–Trinajstić information content (AvgIpc) is 3.48. The van der Waals surface area contributed by atoms with Crippen molar-refractivity contribution in [2.24, 2.45) is 5.73 Å². The Labute approximate surface area is 277 Å². The van der Waals surface area contributed by atoms with Crippen LogP contribution in [0.1, 0.15) is 34.3 Å². The predicted molar refractivity (Wildman–Crippen MR) is 186 cm³/mol. The van der Waals surface area contributed by atoms with E-state index in [9.17, 15) is 4.79 Å². The third kappa shape index (κ3) is 8.74. The molecular weight excluding hydrogens is 590 g/mol. The number of nitrogens with zero attached hydrogens (tertiary/aromatic N) is 2. The quantitative estimate of drug-likeness (QED) is 0.0854. The summed E-state index contributed by atoms with van der Waals surface area (Å²) in [6.45, 7) is 5.17. The molecule has 0 bridgehead atoms. The summed E-state index contributed by atoms with van der Waals surface area (Å²) in [4.78, 5) is 18.2. The summed E-state index contributed by atoms with van der Waals surface area (Å²) in [5.74, 6) is 2.46. The summed E-state index contributed by atoms with van der Waals surface area (Å²) in [7, 11) is 3.34. The maximum atomic E-state index is 12.9. The maximum absolute atomic E-state index is 12.9. The number of methoxy groups -OCH3 is 2. The topological polar surface area (TPSA) is 97.8 Å². The molecule has 5 rings (SSSR count). The first kappa shape index (κ1) is 33.6. The number of carbonyl (C=O) groups excluding carboxylic acids is 1. The normalized spacial score (nSPS) is 11.1. The Morgan fingerprint density at radius 1 is 0.745 bits per heavy atom. The second-order valence-corrected chi connectivity index (χ2v) is 11.3. The molecule has 0 spiro atoms. The smallest absolute Gasteiger partial charge is 0.162 e. The van der Waals surface area contributed by atoms with Crippen molar-refractivity contribution in [2.45, 2.75) is 26.3 Å². The van der Waals surface area contributed by atoms with E-state index in [0.717, 1.165) is 56.5 Å². The van der Waals surface area contributed by atoms with Gasteiger partial charge in [0.2, 0.25) is 0 Å². The standard InChI is InChI=1S/C39H43N3O5/c1-28-8-4-11-33(24-28)39-41-37(31-9-5-12-34(25-31)44-2)38(32-10-6-13-35(26-32)45-3)42(39)27-29-15-17-30(18-16-29)36(43)14-7-20-46-22-23-47-21-19-40/h4-6,8-13,15-18,24-26H,7,14,19-23,27,40H2,1-3H3. The lowest BCUT2D eigenvalue weighted by Crippen LogP contribution is -2.12. The third-order valence-electron chi connectivity index (χ3n) is 7.87. The van der Waals surface area contributed by atoms with Crippen LogP contribution in [-0.4, -0.2) is 62.5 Å². The number of rotatable bonds is 17. The number of imidazole rings is 1. The third-order valence-corrected chi connectivity index (χ3v) is 7.87. The second-order valence-electron chi connectivity index (χ2n) is 11.3. The molecule has 1 heterocycles. The molecule has 0 radical (unpaired) electrons. The van der Waals surface area contributed by atoms with Crippen LogP contribution in [0.25, 0.3) is 33.9 Å². The lowest BCUT2D eigenvalue weighted by Gasteiger charge is -2.15. The predicted octanol–water partition coefficient (Wildman–Crippen LogP) is 7.21. The number of nitrogens with two attached hydrogens (primary N) is 1. The van der Waals surface area contributed by atoms with Gasteiger partial charge in [0, 0.05) is 48.4 Å². The van der Waals surface area contributed by atoms with E-state index in [1.165, 1.54) is 0 Å². The van der Waals surface area contributed by atoms with Crippen LogP contribution in [0.3, 0.4) is 0 Å². The molecule has 0 aliphatic rings. The first-order chi connectivity index (χ1) is 23.0. The van der Waals surface area contributed by atoms with Crippen LogP contribution >= 0.6 is 0 Å². The number of aryl methyl sites for hydroxylation is 1. The Balaban J connectivity index is 1.47. The Kier molecular flexibility index (Phi) is 11.9. The van der Waals surface area contributed by atoms with E-state index in [2.05, 4.69) is 47.9 Å². The van der Waals surface area contributed by atoms with Crippen molar-refractivity contribution in [1.29, 1.82) is 0 Å². The summed E-state index contributed by atoms with van der Waals surface area (Å²) in [5.41, 5.74) is 13.1. The fourth-order valence-electron chi connectivity index (χ4n) is 5.51. The highest BCUT2D eigenvalue weighted by molar-refractivity contribution is 5.96. The fourth-order valence-corrected chi connectivity index (χ4v) is 5.51. The number of hydrogen-bond donors (Lipinski definition) is 1. The molecular formula is C39H43N3O5. The fraction of sp³-hybridized carbons (Fsp3) is 0.282. The lowest BCUT2D eigenvalue weighted by molar-refractivity contribution is 0.0489. The van der Waals surface area contributed by atoms with Gasteiger partial charge in [-0.2, -0.15) is 0 Å². The molecule has 244 valence electrons. The van der Waals surface area contributed by atoms with Crippen LogP contribution in [0.2, 0.25) is 0 Å². The number of benzene rings is 4. The zero-order valence-electron chi connectivity index (χ0n) is 27.4. The molecule has 0 unspecified atom stereocenters. The van der Waals surface area contributed by atoms with Gasteiger partial charge in [-0.15, -0.1) is 0 Å². The molecule has 0 saturated carbocycles. The monoisotopic (exact) mass is 633 g/mol. The van der Waals surface area contributed by atoms with Gasteiger partial charge in [-0.05, 0) is 49.2 Å². The Hall–Kier alpha value is -4.76. The van der Waals surface area contributed by atoms with Gasteiger partial charge in [-0.3, -0.25) is 4.79 Å². The van der Waals surface area contributed by atoms with Gasteiger partial charge >= 0.3 is 0 Å². The van der Waals surface area contributed by atoms with Gasteiger partial charge in [-0.1, -0.05) is 72.3 Å². The molecule has 1 aromatic heterocycles. The Morgan fingerprint density at radius 2 is 1.38 bits per heavy atom. The highest BCUT2D eigenvalue weighted by Crippen LogP contribution is 2.39.